The Bertz CT molecular complexity index is 586. The normalized spacial score (nSPS) is 34.7. The SMILES string of the molecule is CN1CCC2(CC1)Cc1cc(CNC34CC(C3)C4)ccc1O2. The minimum absolute atomic E-state index is 0.0920. The van der Waals surface area contributed by atoms with Crippen LogP contribution in [0.1, 0.15) is 43.2 Å². The van der Waals surface area contributed by atoms with E-state index in [0.29, 0.717) is 5.54 Å². The largest absolute Gasteiger partial charge is 0.487 e. The molecule has 0 aromatic heterocycles. The van der Waals surface area contributed by atoms with Gasteiger partial charge in [-0.25, -0.2) is 0 Å². The number of nitrogens with zero attached hydrogens (tertiary/aromatic N) is 1. The van der Waals surface area contributed by atoms with E-state index in [2.05, 4.69) is 35.5 Å². The van der Waals surface area contributed by atoms with E-state index >= 15 is 0 Å². The van der Waals surface area contributed by atoms with Gasteiger partial charge in [0.15, 0.2) is 0 Å². The van der Waals surface area contributed by atoms with Crippen molar-refractivity contribution in [3.05, 3.63) is 29.3 Å². The molecule has 3 nitrogen and oxygen atoms in total. The van der Waals surface area contributed by atoms with Gasteiger partial charge in [-0.15, -0.1) is 0 Å². The predicted molar refractivity (Wildman–Crippen MR) is 87.1 cm³/mol. The molecule has 5 aliphatic rings. The molecule has 1 aromatic carbocycles. The second-order valence-electron chi connectivity index (χ2n) is 8.32. The summed E-state index contributed by atoms with van der Waals surface area (Å²) >= 11 is 0. The van der Waals surface area contributed by atoms with Crippen LogP contribution in [0, 0.1) is 5.92 Å². The lowest BCUT2D eigenvalue weighted by Crippen LogP contribution is -2.66. The highest BCUT2D eigenvalue weighted by molar-refractivity contribution is 5.42. The first-order valence-electron chi connectivity index (χ1n) is 8.88. The summed E-state index contributed by atoms with van der Waals surface area (Å²) in [6.07, 6.45) is 7.68. The molecule has 3 aliphatic carbocycles. The molecule has 0 amide bonds. The average Bonchev–Trinajstić information content (AvgIpc) is 2.77. The highest BCUT2D eigenvalue weighted by Crippen LogP contribution is 2.57. The van der Waals surface area contributed by atoms with Gasteiger partial charge in [0.05, 0.1) is 0 Å². The number of nitrogens with one attached hydrogen (secondary N) is 1. The van der Waals surface area contributed by atoms with E-state index in [9.17, 15) is 0 Å². The van der Waals surface area contributed by atoms with E-state index in [1.807, 2.05) is 0 Å². The molecule has 3 saturated carbocycles. The average molecular weight is 298 g/mol. The van der Waals surface area contributed by atoms with Gasteiger partial charge in [0, 0.05) is 44.4 Å². The molecule has 6 rings (SSSR count). The smallest absolute Gasteiger partial charge is 0.123 e. The monoisotopic (exact) mass is 298 g/mol. The van der Waals surface area contributed by atoms with Crippen molar-refractivity contribution in [1.29, 1.82) is 0 Å². The molecular weight excluding hydrogens is 272 g/mol. The van der Waals surface area contributed by atoms with Crippen LogP contribution in [-0.4, -0.2) is 36.2 Å². The summed E-state index contributed by atoms with van der Waals surface area (Å²) in [5.41, 5.74) is 3.47. The Morgan fingerprint density at radius 2 is 2.00 bits per heavy atom. The number of piperidine rings is 1. The molecule has 2 bridgehead atoms. The molecular formula is C19H26N2O. The van der Waals surface area contributed by atoms with Crippen LogP contribution in [-0.2, 0) is 13.0 Å². The van der Waals surface area contributed by atoms with Crippen molar-refractivity contribution in [1.82, 2.24) is 10.2 Å². The van der Waals surface area contributed by atoms with Crippen molar-refractivity contribution < 1.29 is 4.74 Å². The van der Waals surface area contributed by atoms with Crippen LogP contribution in [0.4, 0.5) is 0 Å². The zero-order valence-corrected chi connectivity index (χ0v) is 13.5. The van der Waals surface area contributed by atoms with E-state index in [-0.39, 0.29) is 5.60 Å². The first-order chi connectivity index (χ1) is 10.6. The number of likely N-dealkylation sites (tertiary alicyclic amines) is 1. The minimum atomic E-state index is 0.0920. The van der Waals surface area contributed by atoms with Gasteiger partial charge in [0.2, 0.25) is 0 Å². The third kappa shape index (κ3) is 2.02. The summed E-state index contributed by atoms with van der Waals surface area (Å²) in [5.74, 6) is 2.18. The highest BCUT2D eigenvalue weighted by atomic mass is 16.5. The van der Waals surface area contributed by atoms with Gasteiger partial charge in [-0.3, -0.25) is 0 Å². The molecule has 0 unspecified atom stereocenters. The lowest BCUT2D eigenvalue weighted by Gasteiger charge is -2.62. The number of hydrogen-bond donors (Lipinski definition) is 1. The van der Waals surface area contributed by atoms with Crippen LogP contribution in [0.3, 0.4) is 0 Å². The summed E-state index contributed by atoms with van der Waals surface area (Å²) in [4.78, 5) is 2.41. The van der Waals surface area contributed by atoms with Gasteiger partial charge in [0.25, 0.3) is 0 Å². The predicted octanol–water partition coefficient (Wildman–Crippen LogP) is 2.73. The quantitative estimate of drug-likeness (QED) is 0.928. The third-order valence-corrected chi connectivity index (χ3v) is 6.57. The fraction of sp³-hybridized carbons (Fsp3) is 0.684. The lowest BCUT2D eigenvalue weighted by molar-refractivity contribution is -0.0520. The van der Waals surface area contributed by atoms with Crippen LogP contribution in [0.25, 0.3) is 0 Å². The zero-order valence-electron chi connectivity index (χ0n) is 13.5. The van der Waals surface area contributed by atoms with E-state index in [4.69, 9.17) is 4.74 Å². The van der Waals surface area contributed by atoms with E-state index < -0.39 is 0 Å². The van der Waals surface area contributed by atoms with Crippen LogP contribution in [0.15, 0.2) is 18.2 Å². The molecule has 0 atom stereocenters. The van der Waals surface area contributed by atoms with Crippen LogP contribution in [0.5, 0.6) is 5.75 Å². The van der Waals surface area contributed by atoms with Gasteiger partial charge in [-0.2, -0.15) is 0 Å². The number of benzene rings is 1. The Morgan fingerprint density at radius 1 is 1.23 bits per heavy atom. The molecule has 4 fully saturated rings. The van der Waals surface area contributed by atoms with Crippen LogP contribution >= 0.6 is 0 Å². The molecule has 22 heavy (non-hydrogen) atoms. The maximum atomic E-state index is 6.38. The van der Waals surface area contributed by atoms with Crippen molar-refractivity contribution >= 4 is 0 Å². The molecule has 2 aliphatic heterocycles. The molecule has 2 heterocycles. The van der Waals surface area contributed by atoms with Crippen molar-refractivity contribution in [3.63, 3.8) is 0 Å². The maximum Gasteiger partial charge on any atom is 0.123 e. The number of rotatable bonds is 3. The van der Waals surface area contributed by atoms with Crippen molar-refractivity contribution in [2.24, 2.45) is 5.92 Å². The lowest BCUT2D eigenvalue weighted by atomic mass is 9.50. The Kier molecular flexibility index (Phi) is 2.73. The first-order valence-corrected chi connectivity index (χ1v) is 8.88. The van der Waals surface area contributed by atoms with Gasteiger partial charge in [0.1, 0.15) is 11.4 Å². The minimum Gasteiger partial charge on any atom is -0.487 e. The molecule has 1 aromatic rings. The summed E-state index contributed by atoms with van der Waals surface area (Å²) < 4.78 is 6.38. The van der Waals surface area contributed by atoms with Gasteiger partial charge >= 0.3 is 0 Å². The number of fused-ring (bicyclic) bond motifs is 1. The van der Waals surface area contributed by atoms with Gasteiger partial charge < -0.3 is 15.0 Å². The second kappa shape index (κ2) is 4.48. The third-order valence-electron chi connectivity index (χ3n) is 6.57. The first kappa shape index (κ1) is 13.4. The Balaban J connectivity index is 1.28. The standard InChI is InChI=1S/C19H26N2O/c1-21-6-4-19(5-7-21)12-16-8-14(2-3-17(16)22-19)13-20-18-9-15(10-18)11-18/h2-3,8,15,20H,4-7,9-13H2,1H3. The van der Waals surface area contributed by atoms with E-state index in [1.165, 1.54) is 30.4 Å². The molecule has 1 saturated heterocycles. The van der Waals surface area contributed by atoms with Gasteiger partial charge in [-0.1, -0.05) is 12.1 Å². The van der Waals surface area contributed by atoms with Gasteiger partial charge in [-0.05, 0) is 49.4 Å². The topological polar surface area (TPSA) is 24.5 Å². The van der Waals surface area contributed by atoms with Crippen molar-refractivity contribution in [2.45, 2.75) is 56.2 Å². The highest BCUT2D eigenvalue weighted by Gasteiger charge is 2.56. The summed E-state index contributed by atoms with van der Waals surface area (Å²) in [5, 5.41) is 3.80. The van der Waals surface area contributed by atoms with Crippen LogP contribution in [0.2, 0.25) is 0 Å². The van der Waals surface area contributed by atoms with E-state index in [0.717, 1.165) is 50.6 Å². The number of ether oxygens (including phenoxy) is 1. The maximum absolute atomic E-state index is 6.38. The Morgan fingerprint density at radius 3 is 2.68 bits per heavy atom. The second-order valence-corrected chi connectivity index (χ2v) is 8.32. The Hall–Kier alpha value is -1.06. The zero-order chi connectivity index (χ0) is 14.8. The summed E-state index contributed by atoms with van der Waals surface area (Å²) in [7, 11) is 2.21. The van der Waals surface area contributed by atoms with E-state index in [1.54, 1.807) is 0 Å². The van der Waals surface area contributed by atoms with Crippen molar-refractivity contribution in [2.75, 3.05) is 20.1 Å². The fourth-order valence-corrected chi connectivity index (χ4v) is 4.89. The molecule has 118 valence electrons. The molecule has 1 spiro atoms. The van der Waals surface area contributed by atoms with Crippen LogP contribution < -0.4 is 10.1 Å². The fourth-order valence-electron chi connectivity index (χ4n) is 4.89. The Labute approximate surface area is 133 Å². The van der Waals surface area contributed by atoms with Crippen molar-refractivity contribution in [3.8, 4) is 5.75 Å². The molecule has 0 radical (unpaired) electrons. The molecule has 3 heteroatoms. The summed E-state index contributed by atoms with van der Waals surface area (Å²) in [6.45, 7) is 3.34. The molecule has 1 N–H and O–H groups in total. The number of hydrogen-bond acceptors (Lipinski definition) is 3. The summed E-state index contributed by atoms with van der Waals surface area (Å²) in [6, 6.07) is 6.85.